The second kappa shape index (κ2) is 5.94. The molecule has 19 heavy (non-hydrogen) atoms. The van der Waals surface area contributed by atoms with Crippen LogP contribution in [0.5, 0.6) is 0 Å². The minimum atomic E-state index is -0.864. The molecule has 0 bridgehead atoms. The normalized spacial score (nSPS) is 12.6. The van der Waals surface area contributed by atoms with Crippen molar-refractivity contribution in [3.05, 3.63) is 28.8 Å². The average molecular weight is 281 g/mol. The van der Waals surface area contributed by atoms with Crippen LogP contribution in [0.15, 0.2) is 18.2 Å². The zero-order valence-electron chi connectivity index (χ0n) is 11.2. The summed E-state index contributed by atoms with van der Waals surface area (Å²) < 4.78 is 0. The van der Waals surface area contributed by atoms with Crippen LogP contribution in [-0.4, -0.2) is 17.1 Å². The predicted molar refractivity (Wildman–Crippen MR) is 75.3 cm³/mol. The quantitative estimate of drug-likeness (QED) is 0.885. The van der Waals surface area contributed by atoms with Gasteiger partial charge in [0, 0.05) is 6.04 Å². The highest BCUT2D eigenvalue weighted by molar-refractivity contribution is 6.33. The molecule has 5 heteroatoms. The second-order valence-electron chi connectivity index (χ2n) is 5.47. The lowest BCUT2D eigenvalue weighted by Gasteiger charge is -2.31. The number of benzene rings is 1. The van der Waals surface area contributed by atoms with Gasteiger partial charge in [0.2, 0.25) is 0 Å². The third-order valence-electron chi connectivity index (χ3n) is 2.85. The number of nitrogens with zero attached hydrogens (tertiary/aromatic N) is 1. The molecule has 0 saturated carbocycles. The lowest BCUT2D eigenvalue weighted by atomic mass is 9.84. The molecule has 0 aliphatic carbocycles. The van der Waals surface area contributed by atoms with E-state index < -0.39 is 5.97 Å². The first kappa shape index (κ1) is 15.3. The van der Waals surface area contributed by atoms with Gasteiger partial charge in [0.05, 0.1) is 28.8 Å². The number of nitriles is 1. The molecule has 1 unspecified atom stereocenters. The summed E-state index contributed by atoms with van der Waals surface area (Å²) in [5, 5.41) is 21.3. The van der Waals surface area contributed by atoms with Crippen LogP contribution in [0.2, 0.25) is 5.02 Å². The number of carboxylic acids is 1. The van der Waals surface area contributed by atoms with Crippen molar-refractivity contribution in [1.82, 2.24) is 0 Å². The zero-order valence-corrected chi connectivity index (χ0v) is 12.0. The molecule has 1 atom stereocenters. The van der Waals surface area contributed by atoms with Gasteiger partial charge in [0.15, 0.2) is 0 Å². The summed E-state index contributed by atoms with van der Waals surface area (Å²) in [4.78, 5) is 10.9. The highest BCUT2D eigenvalue weighted by atomic mass is 35.5. The molecule has 0 aliphatic rings. The molecular weight excluding hydrogens is 264 g/mol. The maximum Gasteiger partial charge on any atom is 0.305 e. The van der Waals surface area contributed by atoms with Crippen LogP contribution in [0, 0.1) is 16.7 Å². The molecule has 1 aromatic rings. The van der Waals surface area contributed by atoms with E-state index in [1.165, 1.54) is 0 Å². The van der Waals surface area contributed by atoms with E-state index in [1.807, 2.05) is 26.8 Å². The summed E-state index contributed by atoms with van der Waals surface area (Å²) in [6.45, 7) is 5.89. The Morgan fingerprint density at radius 2 is 2.16 bits per heavy atom. The number of halogens is 1. The van der Waals surface area contributed by atoms with Crippen LogP contribution in [-0.2, 0) is 4.79 Å². The van der Waals surface area contributed by atoms with Gasteiger partial charge in [-0.15, -0.1) is 0 Å². The Kier molecular flexibility index (Phi) is 4.79. The lowest BCUT2D eigenvalue weighted by molar-refractivity contribution is -0.137. The molecule has 0 heterocycles. The first-order valence-corrected chi connectivity index (χ1v) is 6.30. The van der Waals surface area contributed by atoms with Gasteiger partial charge in [0.25, 0.3) is 0 Å². The predicted octanol–water partition coefficient (Wildman–Crippen LogP) is 3.51. The van der Waals surface area contributed by atoms with Crippen molar-refractivity contribution in [3.8, 4) is 6.07 Å². The minimum Gasteiger partial charge on any atom is -0.481 e. The Morgan fingerprint density at radius 1 is 1.53 bits per heavy atom. The highest BCUT2D eigenvalue weighted by Crippen LogP contribution is 2.29. The number of hydrogen-bond donors (Lipinski definition) is 2. The van der Waals surface area contributed by atoms with E-state index in [-0.39, 0.29) is 17.9 Å². The van der Waals surface area contributed by atoms with Crippen LogP contribution in [0.25, 0.3) is 0 Å². The molecule has 0 aliphatic heterocycles. The third-order valence-corrected chi connectivity index (χ3v) is 3.16. The molecule has 0 saturated heterocycles. The number of aliphatic carboxylic acids is 1. The molecule has 0 amide bonds. The van der Waals surface area contributed by atoms with Crippen LogP contribution in [0.1, 0.15) is 32.8 Å². The summed E-state index contributed by atoms with van der Waals surface area (Å²) in [7, 11) is 0. The van der Waals surface area contributed by atoms with Crippen LogP contribution >= 0.6 is 11.6 Å². The maximum absolute atomic E-state index is 10.9. The van der Waals surface area contributed by atoms with E-state index in [0.717, 1.165) is 0 Å². The van der Waals surface area contributed by atoms with Gasteiger partial charge in [-0.25, -0.2) is 0 Å². The van der Waals surface area contributed by atoms with Crippen molar-refractivity contribution in [3.63, 3.8) is 0 Å². The highest BCUT2D eigenvalue weighted by Gasteiger charge is 2.27. The van der Waals surface area contributed by atoms with E-state index in [4.69, 9.17) is 22.0 Å². The SMILES string of the molecule is CC(C)(C)C(CC(=O)O)Nc1ccc(C#N)cc1Cl. The number of nitrogens with one attached hydrogen (secondary N) is 1. The van der Waals surface area contributed by atoms with Gasteiger partial charge in [-0.05, 0) is 23.6 Å². The molecule has 4 nitrogen and oxygen atoms in total. The summed E-state index contributed by atoms with van der Waals surface area (Å²) >= 11 is 6.08. The van der Waals surface area contributed by atoms with E-state index in [0.29, 0.717) is 16.3 Å². The molecule has 1 aromatic carbocycles. The molecule has 102 valence electrons. The van der Waals surface area contributed by atoms with Crippen molar-refractivity contribution in [2.24, 2.45) is 5.41 Å². The van der Waals surface area contributed by atoms with Crippen molar-refractivity contribution in [2.45, 2.75) is 33.2 Å². The van der Waals surface area contributed by atoms with E-state index in [9.17, 15) is 4.79 Å². The first-order chi connectivity index (χ1) is 8.74. The fourth-order valence-electron chi connectivity index (χ4n) is 1.64. The number of rotatable bonds is 4. The number of anilines is 1. The Labute approximate surface area is 118 Å². The number of hydrogen-bond acceptors (Lipinski definition) is 3. The van der Waals surface area contributed by atoms with Gasteiger partial charge in [-0.3, -0.25) is 4.79 Å². The topological polar surface area (TPSA) is 73.1 Å². The molecule has 0 aromatic heterocycles. The maximum atomic E-state index is 10.9. The molecule has 0 spiro atoms. The average Bonchev–Trinajstić information content (AvgIpc) is 2.28. The molecule has 0 radical (unpaired) electrons. The first-order valence-electron chi connectivity index (χ1n) is 5.92. The Balaban J connectivity index is 2.97. The Morgan fingerprint density at radius 3 is 2.58 bits per heavy atom. The van der Waals surface area contributed by atoms with Crippen molar-refractivity contribution < 1.29 is 9.90 Å². The summed E-state index contributed by atoms with van der Waals surface area (Å²) in [6.07, 6.45) is -0.000168. The minimum absolute atomic E-state index is 0.000168. The second-order valence-corrected chi connectivity index (χ2v) is 5.87. The van der Waals surface area contributed by atoms with Crippen molar-refractivity contribution in [2.75, 3.05) is 5.32 Å². The fraction of sp³-hybridized carbons (Fsp3) is 0.429. The lowest BCUT2D eigenvalue weighted by Crippen LogP contribution is -2.36. The van der Waals surface area contributed by atoms with Gasteiger partial charge in [0.1, 0.15) is 0 Å². The number of carbonyl (C=O) groups is 1. The summed E-state index contributed by atoms with van der Waals surface area (Å²) in [5.74, 6) is -0.864. The fourth-order valence-corrected chi connectivity index (χ4v) is 1.87. The van der Waals surface area contributed by atoms with Gasteiger partial charge >= 0.3 is 5.97 Å². The molecular formula is C14H17ClN2O2. The smallest absolute Gasteiger partial charge is 0.305 e. The van der Waals surface area contributed by atoms with E-state index >= 15 is 0 Å². The van der Waals surface area contributed by atoms with Gasteiger partial charge in [-0.2, -0.15) is 5.26 Å². The van der Waals surface area contributed by atoms with Crippen molar-refractivity contribution >= 4 is 23.3 Å². The van der Waals surface area contributed by atoms with E-state index in [2.05, 4.69) is 5.32 Å². The molecule has 0 fully saturated rings. The number of carboxylic acid groups (broad SMARTS) is 1. The van der Waals surface area contributed by atoms with Crippen LogP contribution < -0.4 is 5.32 Å². The third kappa shape index (κ3) is 4.46. The van der Waals surface area contributed by atoms with Gasteiger partial charge in [-0.1, -0.05) is 32.4 Å². The molecule has 2 N–H and O–H groups in total. The summed E-state index contributed by atoms with van der Waals surface area (Å²) in [5.41, 5.74) is 0.887. The van der Waals surface area contributed by atoms with E-state index in [1.54, 1.807) is 18.2 Å². The molecule has 1 rings (SSSR count). The standard InChI is InChI=1S/C14H17ClN2O2/c1-14(2,3)12(7-13(18)19)17-11-5-4-9(8-16)6-10(11)15/h4-6,12,17H,7H2,1-3H3,(H,18,19). The zero-order chi connectivity index (χ0) is 14.6. The van der Waals surface area contributed by atoms with Crippen LogP contribution in [0.4, 0.5) is 5.69 Å². The summed E-state index contributed by atoms with van der Waals surface area (Å²) in [6, 6.07) is 6.65. The Bertz CT molecular complexity index is 515. The largest absolute Gasteiger partial charge is 0.481 e. The van der Waals surface area contributed by atoms with Crippen molar-refractivity contribution in [1.29, 1.82) is 5.26 Å². The van der Waals surface area contributed by atoms with Crippen LogP contribution in [0.3, 0.4) is 0 Å². The van der Waals surface area contributed by atoms with Gasteiger partial charge < -0.3 is 10.4 Å². The Hall–Kier alpha value is -1.73. The monoisotopic (exact) mass is 280 g/mol.